The van der Waals surface area contributed by atoms with Crippen LogP contribution in [0.5, 0.6) is 5.75 Å². The molecule has 1 amide bonds. The summed E-state index contributed by atoms with van der Waals surface area (Å²) in [6.07, 6.45) is 0. The third-order valence-corrected chi connectivity index (χ3v) is 5.62. The fourth-order valence-electron chi connectivity index (χ4n) is 2.65. The average molecular weight is 417 g/mol. The molecule has 0 saturated carbocycles. The molecule has 0 aliphatic carbocycles. The first-order chi connectivity index (χ1) is 13.5. The molecule has 0 spiro atoms. The maximum absolute atomic E-state index is 12.5. The second kappa shape index (κ2) is 9.12. The van der Waals surface area contributed by atoms with Crippen LogP contribution in [-0.4, -0.2) is 33.0 Å². The number of rotatable bonds is 7. The van der Waals surface area contributed by atoms with Crippen LogP contribution in [0.25, 0.3) is 11.4 Å². The molecular formula is C20H21ClN4O2S. The molecule has 0 aliphatic rings. The van der Waals surface area contributed by atoms with Crippen molar-refractivity contribution < 1.29 is 9.53 Å². The van der Waals surface area contributed by atoms with Gasteiger partial charge in [-0.25, -0.2) is 0 Å². The highest BCUT2D eigenvalue weighted by Crippen LogP contribution is 2.26. The summed E-state index contributed by atoms with van der Waals surface area (Å²) in [6.45, 7) is 2.25. The summed E-state index contributed by atoms with van der Waals surface area (Å²) < 4.78 is 7.19. The van der Waals surface area contributed by atoms with Crippen LogP contribution in [0.3, 0.4) is 0 Å². The molecule has 3 aromatic rings. The normalized spacial score (nSPS) is 11.9. The molecule has 0 aliphatic heterocycles. The molecule has 146 valence electrons. The topological polar surface area (TPSA) is 69.0 Å². The number of carbonyl (C=O) groups excluding carboxylic acids is 1. The number of nitrogens with zero attached hydrogens (tertiary/aromatic N) is 3. The predicted molar refractivity (Wildman–Crippen MR) is 112 cm³/mol. The molecule has 2 aromatic carbocycles. The van der Waals surface area contributed by atoms with E-state index in [1.54, 1.807) is 7.11 Å². The maximum Gasteiger partial charge on any atom is 0.233 e. The monoisotopic (exact) mass is 416 g/mol. The summed E-state index contributed by atoms with van der Waals surface area (Å²) in [5.74, 6) is 1.40. The van der Waals surface area contributed by atoms with Gasteiger partial charge in [0.15, 0.2) is 11.0 Å². The summed E-state index contributed by atoms with van der Waals surface area (Å²) >= 11 is 7.30. The Morgan fingerprint density at radius 1 is 1.21 bits per heavy atom. The van der Waals surface area contributed by atoms with Crippen molar-refractivity contribution in [1.82, 2.24) is 20.1 Å². The number of aromatic nitrogens is 3. The number of carbonyl (C=O) groups is 1. The molecule has 0 saturated heterocycles. The van der Waals surface area contributed by atoms with E-state index >= 15 is 0 Å². The van der Waals surface area contributed by atoms with E-state index in [2.05, 4.69) is 15.5 Å². The Hall–Kier alpha value is -2.51. The Morgan fingerprint density at radius 3 is 2.64 bits per heavy atom. The van der Waals surface area contributed by atoms with Crippen molar-refractivity contribution in [2.45, 2.75) is 23.9 Å². The van der Waals surface area contributed by atoms with Gasteiger partial charge in [-0.1, -0.05) is 41.6 Å². The summed E-state index contributed by atoms with van der Waals surface area (Å²) in [4.78, 5) is 12.5. The number of halogens is 1. The third-order valence-electron chi connectivity index (χ3n) is 4.23. The number of hydrogen-bond acceptors (Lipinski definition) is 5. The summed E-state index contributed by atoms with van der Waals surface area (Å²) in [5.41, 5.74) is 1.85. The fraction of sp³-hybridized carbons (Fsp3) is 0.250. The minimum Gasteiger partial charge on any atom is -0.496 e. The van der Waals surface area contributed by atoms with Gasteiger partial charge in [0.1, 0.15) is 5.75 Å². The van der Waals surface area contributed by atoms with E-state index in [4.69, 9.17) is 16.3 Å². The molecule has 28 heavy (non-hydrogen) atoms. The Kier molecular flexibility index (Phi) is 6.59. The number of amides is 1. The van der Waals surface area contributed by atoms with E-state index in [-0.39, 0.29) is 11.2 Å². The van der Waals surface area contributed by atoms with Gasteiger partial charge in [-0.3, -0.25) is 4.79 Å². The van der Waals surface area contributed by atoms with Crippen molar-refractivity contribution in [1.29, 1.82) is 0 Å². The first kappa shape index (κ1) is 20.2. The molecule has 8 heteroatoms. The van der Waals surface area contributed by atoms with Crippen LogP contribution in [0.1, 0.15) is 12.5 Å². The van der Waals surface area contributed by atoms with Crippen molar-refractivity contribution in [3.8, 4) is 17.1 Å². The van der Waals surface area contributed by atoms with E-state index in [9.17, 15) is 4.79 Å². The highest BCUT2D eigenvalue weighted by atomic mass is 35.5. The number of ether oxygens (including phenoxy) is 1. The van der Waals surface area contributed by atoms with Crippen LogP contribution in [0.15, 0.2) is 53.7 Å². The molecule has 1 atom stereocenters. The number of thioether (sulfide) groups is 1. The molecule has 1 aromatic heterocycles. The van der Waals surface area contributed by atoms with Gasteiger partial charge < -0.3 is 14.6 Å². The Bertz CT molecular complexity index is 959. The van der Waals surface area contributed by atoms with E-state index in [1.165, 1.54) is 11.8 Å². The van der Waals surface area contributed by atoms with Gasteiger partial charge in [-0.15, -0.1) is 10.2 Å². The lowest BCUT2D eigenvalue weighted by Crippen LogP contribution is -2.30. The average Bonchev–Trinajstić information content (AvgIpc) is 3.07. The van der Waals surface area contributed by atoms with Crippen LogP contribution < -0.4 is 10.1 Å². The van der Waals surface area contributed by atoms with Crippen LogP contribution in [0.4, 0.5) is 0 Å². The molecule has 0 unspecified atom stereocenters. The molecule has 0 bridgehead atoms. The molecule has 0 fully saturated rings. The Labute approximate surface area is 173 Å². The minimum atomic E-state index is -0.323. The summed E-state index contributed by atoms with van der Waals surface area (Å²) in [6, 6.07) is 15.0. The molecule has 0 radical (unpaired) electrons. The van der Waals surface area contributed by atoms with E-state index in [0.29, 0.717) is 16.7 Å². The van der Waals surface area contributed by atoms with Gasteiger partial charge in [-0.05, 0) is 37.3 Å². The first-order valence-corrected chi connectivity index (χ1v) is 9.97. The highest BCUT2D eigenvalue weighted by molar-refractivity contribution is 8.00. The van der Waals surface area contributed by atoms with Crippen LogP contribution in [0.2, 0.25) is 5.02 Å². The quantitative estimate of drug-likeness (QED) is 0.591. The van der Waals surface area contributed by atoms with Crippen molar-refractivity contribution >= 4 is 29.3 Å². The Balaban J connectivity index is 1.63. The first-order valence-electron chi connectivity index (χ1n) is 8.71. The SMILES string of the molecule is COc1ccccc1CNC(=O)[C@H](C)Sc1nnc(-c2ccc(Cl)cc2)n1C. The standard InChI is InChI=1S/C20H21ClN4O2S/c1-13(19(26)22-12-15-6-4-5-7-17(15)27-3)28-20-24-23-18(25(20)2)14-8-10-16(21)11-9-14/h4-11,13H,12H2,1-3H3,(H,22,26)/t13-/m0/s1. The van der Waals surface area contributed by atoms with Gasteiger partial charge in [0.25, 0.3) is 0 Å². The molecule has 1 heterocycles. The predicted octanol–water partition coefficient (Wildman–Crippen LogP) is 3.94. The van der Waals surface area contributed by atoms with Crippen LogP contribution in [0, 0.1) is 0 Å². The van der Waals surface area contributed by atoms with E-state index in [0.717, 1.165) is 22.7 Å². The van der Waals surface area contributed by atoms with E-state index in [1.807, 2.05) is 67.1 Å². The molecule has 1 N–H and O–H groups in total. The second-order valence-electron chi connectivity index (χ2n) is 6.16. The van der Waals surface area contributed by atoms with Gasteiger partial charge in [0.05, 0.1) is 12.4 Å². The van der Waals surface area contributed by atoms with Crippen molar-refractivity contribution in [2.75, 3.05) is 7.11 Å². The number of nitrogens with one attached hydrogen (secondary N) is 1. The number of benzene rings is 2. The zero-order valence-corrected chi connectivity index (χ0v) is 17.4. The highest BCUT2D eigenvalue weighted by Gasteiger charge is 2.19. The van der Waals surface area contributed by atoms with Crippen LogP contribution >= 0.6 is 23.4 Å². The van der Waals surface area contributed by atoms with Gasteiger partial charge >= 0.3 is 0 Å². The van der Waals surface area contributed by atoms with Crippen molar-refractivity contribution in [2.24, 2.45) is 7.05 Å². The Morgan fingerprint density at radius 2 is 1.93 bits per heavy atom. The third kappa shape index (κ3) is 4.66. The molecule has 3 rings (SSSR count). The number of para-hydroxylation sites is 1. The zero-order chi connectivity index (χ0) is 20.1. The van der Waals surface area contributed by atoms with Crippen molar-refractivity contribution in [3.05, 3.63) is 59.1 Å². The fourth-order valence-corrected chi connectivity index (χ4v) is 3.62. The lowest BCUT2D eigenvalue weighted by Gasteiger charge is -2.13. The number of methoxy groups -OCH3 is 1. The van der Waals surface area contributed by atoms with Gasteiger partial charge in [0, 0.05) is 29.7 Å². The largest absolute Gasteiger partial charge is 0.496 e. The smallest absolute Gasteiger partial charge is 0.233 e. The van der Waals surface area contributed by atoms with Crippen molar-refractivity contribution in [3.63, 3.8) is 0 Å². The van der Waals surface area contributed by atoms with E-state index < -0.39 is 0 Å². The summed E-state index contributed by atoms with van der Waals surface area (Å²) in [5, 5.41) is 12.4. The zero-order valence-electron chi connectivity index (χ0n) is 15.8. The molecule has 6 nitrogen and oxygen atoms in total. The van der Waals surface area contributed by atoms with Crippen LogP contribution in [-0.2, 0) is 18.4 Å². The lowest BCUT2D eigenvalue weighted by molar-refractivity contribution is -0.120. The second-order valence-corrected chi connectivity index (χ2v) is 7.91. The summed E-state index contributed by atoms with van der Waals surface area (Å²) in [7, 11) is 3.50. The maximum atomic E-state index is 12.5. The number of hydrogen-bond donors (Lipinski definition) is 1. The van der Waals surface area contributed by atoms with Gasteiger partial charge in [-0.2, -0.15) is 0 Å². The minimum absolute atomic E-state index is 0.0769. The molecular weight excluding hydrogens is 396 g/mol. The lowest BCUT2D eigenvalue weighted by atomic mass is 10.2. The van der Waals surface area contributed by atoms with Gasteiger partial charge in [0.2, 0.25) is 5.91 Å².